The van der Waals surface area contributed by atoms with Crippen LogP contribution in [0.15, 0.2) is 30.3 Å². The number of nitrogens with one attached hydrogen (secondary N) is 2. The number of ether oxygens (including phenoxy) is 3. The SMILES string of the molecule is COc1cc(C(=O)NCC(=O)Nc2ccc(C)cc2C)cc(OC)c1OC. The maximum absolute atomic E-state index is 12.4. The molecule has 0 atom stereocenters. The van der Waals surface area contributed by atoms with Crippen LogP contribution in [0.5, 0.6) is 17.2 Å². The number of benzene rings is 2. The van der Waals surface area contributed by atoms with E-state index in [1.165, 1.54) is 33.5 Å². The number of hydrogen-bond acceptors (Lipinski definition) is 5. The summed E-state index contributed by atoms with van der Waals surface area (Å²) in [5.74, 6) is 0.375. The van der Waals surface area contributed by atoms with E-state index in [4.69, 9.17) is 14.2 Å². The number of amides is 2. The molecule has 2 aromatic rings. The first kappa shape index (κ1) is 20.1. The van der Waals surface area contributed by atoms with Crippen molar-refractivity contribution in [3.8, 4) is 17.2 Å². The van der Waals surface area contributed by atoms with Crippen molar-refractivity contribution in [1.29, 1.82) is 0 Å². The van der Waals surface area contributed by atoms with Gasteiger partial charge in [-0.25, -0.2) is 0 Å². The van der Waals surface area contributed by atoms with E-state index in [2.05, 4.69) is 10.6 Å². The van der Waals surface area contributed by atoms with Crippen molar-refractivity contribution in [1.82, 2.24) is 5.32 Å². The van der Waals surface area contributed by atoms with E-state index in [9.17, 15) is 9.59 Å². The smallest absolute Gasteiger partial charge is 0.251 e. The summed E-state index contributed by atoms with van der Waals surface area (Å²) in [5.41, 5.74) is 3.08. The monoisotopic (exact) mass is 372 g/mol. The van der Waals surface area contributed by atoms with Crippen LogP contribution >= 0.6 is 0 Å². The van der Waals surface area contributed by atoms with Gasteiger partial charge >= 0.3 is 0 Å². The zero-order valence-electron chi connectivity index (χ0n) is 16.1. The molecule has 2 N–H and O–H groups in total. The van der Waals surface area contributed by atoms with Crippen LogP contribution in [0.25, 0.3) is 0 Å². The Labute approximate surface area is 158 Å². The van der Waals surface area contributed by atoms with E-state index in [1.807, 2.05) is 32.0 Å². The molecule has 2 rings (SSSR count). The van der Waals surface area contributed by atoms with Crippen LogP contribution < -0.4 is 24.8 Å². The highest BCUT2D eigenvalue weighted by Gasteiger charge is 2.17. The topological polar surface area (TPSA) is 85.9 Å². The maximum Gasteiger partial charge on any atom is 0.251 e. The first-order valence-electron chi connectivity index (χ1n) is 8.35. The summed E-state index contributed by atoms with van der Waals surface area (Å²) in [4.78, 5) is 24.5. The van der Waals surface area contributed by atoms with Crippen molar-refractivity contribution in [2.75, 3.05) is 33.2 Å². The van der Waals surface area contributed by atoms with Crippen molar-refractivity contribution in [2.45, 2.75) is 13.8 Å². The molecule has 0 aliphatic heterocycles. The summed E-state index contributed by atoms with van der Waals surface area (Å²) in [6, 6.07) is 8.78. The zero-order valence-corrected chi connectivity index (χ0v) is 16.1. The highest BCUT2D eigenvalue weighted by molar-refractivity contribution is 6.00. The Morgan fingerprint density at radius 2 is 1.56 bits per heavy atom. The van der Waals surface area contributed by atoms with Crippen molar-refractivity contribution >= 4 is 17.5 Å². The van der Waals surface area contributed by atoms with Gasteiger partial charge in [0.2, 0.25) is 11.7 Å². The Morgan fingerprint density at radius 3 is 2.07 bits per heavy atom. The highest BCUT2D eigenvalue weighted by Crippen LogP contribution is 2.38. The van der Waals surface area contributed by atoms with Gasteiger partial charge in [-0.2, -0.15) is 0 Å². The molecule has 0 aromatic heterocycles. The summed E-state index contributed by atoms with van der Waals surface area (Å²) in [6.45, 7) is 3.73. The molecule has 2 amide bonds. The van der Waals surface area contributed by atoms with E-state index in [0.717, 1.165) is 11.1 Å². The molecule has 27 heavy (non-hydrogen) atoms. The normalized spacial score (nSPS) is 10.1. The molecule has 7 nitrogen and oxygen atoms in total. The summed E-state index contributed by atoms with van der Waals surface area (Å²) in [6.07, 6.45) is 0. The Bertz CT molecular complexity index is 823. The molecule has 0 saturated heterocycles. The first-order chi connectivity index (χ1) is 12.9. The lowest BCUT2D eigenvalue weighted by molar-refractivity contribution is -0.115. The number of hydrogen-bond donors (Lipinski definition) is 2. The average Bonchev–Trinajstić information content (AvgIpc) is 2.66. The van der Waals surface area contributed by atoms with Crippen LogP contribution in [-0.4, -0.2) is 39.7 Å². The summed E-state index contributed by atoms with van der Waals surface area (Å²) < 4.78 is 15.7. The van der Waals surface area contributed by atoms with Gasteiger partial charge in [-0.3, -0.25) is 9.59 Å². The van der Waals surface area contributed by atoms with E-state index in [0.29, 0.717) is 28.5 Å². The fourth-order valence-electron chi connectivity index (χ4n) is 2.62. The molecule has 0 heterocycles. The summed E-state index contributed by atoms with van der Waals surface area (Å²) in [7, 11) is 4.42. The van der Waals surface area contributed by atoms with Gasteiger partial charge in [0.15, 0.2) is 11.5 Å². The third kappa shape index (κ3) is 4.91. The Hall–Kier alpha value is -3.22. The zero-order chi connectivity index (χ0) is 20.0. The summed E-state index contributed by atoms with van der Waals surface area (Å²) in [5, 5.41) is 5.37. The highest BCUT2D eigenvalue weighted by atomic mass is 16.5. The van der Waals surface area contributed by atoms with Gasteiger partial charge in [0.1, 0.15) is 0 Å². The van der Waals surface area contributed by atoms with Crippen LogP contribution in [0, 0.1) is 13.8 Å². The largest absolute Gasteiger partial charge is 0.493 e. The Morgan fingerprint density at radius 1 is 0.926 bits per heavy atom. The van der Waals surface area contributed by atoms with Crippen LogP contribution in [0.1, 0.15) is 21.5 Å². The van der Waals surface area contributed by atoms with Gasteiger partial charge < -0.3 is 24.8 Å². The minimum atomic E-state index is -0.426. The van der Waals surface area contributed by atoms with E-state index in [1.54, 1.807) is 0 Å². The Kier molecular flexibility index (Phi) is 6.65. The van der Waals surface area contributed by atoms with E-state index >= 15 is 0 Å². The van der Waals surface area contributed by atoms with Gasteiger partial charge in [0.05, 0.1) is 27.9 Å². The molecule has 0 aliphatic rings. The third-order valence-corrected chi connectivity index (χ3v) is 3.99. The first-order valence-corrected chi connectivity index (χ1v) is 8.35. The molecule has 0 unspecified atom stereocenters. The van der Waals surface area contributed by atoms with E-state index < -0.39 is 5.91 Å². The van der Waals surface area contributed by atoms with Crippen LogP contribution in [0.4, 0.5) is 5.69 Å². The molecule has 0 radical (unpaired) electrons. The predicted octanol–water partition coefficient (Wildman–Crippen LogP) is 2.70. The van der Waals surface area contributed by atoms with Gasteiger partial charge in [-0.1, -0.05) is 17.7 Å². The molecule has 144 valence electrons. The van der Waals surface area contributed by atoms with Crippen molar-refractivity contribution in [2.24, 2.45) is 0 Å². The second kappa shape index (κ2) is 8.93. The van der Waals surface area contributed by atoms with E-state index in [-0.39, 0.29) is 12.5 Å². The number of carbonyl (C=O) groups excluding carboxylic acids is 2. The van der Waals surface area contributed by atoms with Crippen molar-refractivity contribution in [3.63, 3.8) is 0 Å². The molecule has 2 aromatic carbocycles. The predicted molar refractivity (Wildman–Crippen MR) is 103 cm³/mol. The number of aryl methyl sites for hydroxylation is 2. The van der Waals surface area contributed by atoms with Gasteiger partial charge in [-0.05, 0) is 37.6 Å². The quantitative estimate of drug-likeness (QED) is 0.780. The number of anilines is 1. The molecular weight excluding hydrogens is 348 g/mol. The average molecular weight is 372 g/mol. The molecule has 0 spiro atoms. The molecule has 7 heteroatoms. The lowest BCUT2D eigenvalue weighted by Gasteiger charge is -2.14. The van der Waals surface area contributed by atoms with Crippen LogP contribution in [-0.2, 0) is 4.79 Å². The van der Waals surface area contributed by atoms with Crippen molar-refractivity contribution < 1.29 is 23.8 Å². The fourth-order valence-corrected chi connectivity index (χ4v) is 2.62. The standard InChI is InChI=1S/C20H24N2O5/c1-12-6-7-15(13(2)8-12)22-18(23)11-21-20(24)14-9-16(25-3)19(27-5)17(10-14)26-4/h6-10H,11H2,1-5H3,(H,21,24)(H,22,23). The second-order valence-corrected chi connectivity index (χ2v) is 5.96. The van der Waals surface area contributed by atoms with Gasteiger partial charge in [0, 0.05) is 11.3 Å². The van der Waals surface area contributed by atoms with Gasteiger partial charge in [-0.15, -0.1) is 0 Å². The molecule has 0 aliphatic carbocycles. The van der Waals surface area contributed by atoms with Gasteiger partial charge in [0.25, 0.3) is 5.91 Å². The number of carbonyl (C=O) groups is 2. The number of rotatable bonds is 7. The minimum absolute atomic E-state index is 0.164. The fraction of sp³-hybridized carbons (Fsp3) is 0.300. The second-order valence-electron chi connectivity index (χ2n) is 5.96. The van der Waals surface area contributed by atoms with Crippen LogP contribution in [0.3, 0.4) is 0 Å². The Balaban J connectivity index is 2.05. The van der Waals surface area contributed by atoms with Crippen molar-refractivity contribution in [3.05, 3.63) is 47.0 Å². The summed E-state index contributed by atoms with van der Waals surface area (Å²) >= 11 is 0. The third-order valence-electron chi connectivity index (χ3n) is 3.99. The lowest BCUT2D eigenvalue weighted by Crippen LogP contribution is -2.33. The molecule has 0 fully saturated rings. The molecule has 0 saturated carbocycles. The lowest BCUT2D eigenvalue weighted by atomic mass is 10.1. The molecular formula is C20H24N2O5. The van der Waals surface area contributed by atoms with Crippen LogP contribution in [0.2, 0.25) is 0 Å². The maximum atomic E-state index is 12.4. The molecule has 0 bridgehead atoms. The number of methoxy groups -OCH3 is 3. The minimum Gasteiger partial charge on any atom is -0.493 e.